The topological polar surface area (TPSA) is 95.9 Å². The molecule has 0 saturated heterocycles. The molecule has 0 fully saturated rings. The van der Waals surface area contributed by atoms with Crippen LogP contribution in [0.2, 0.25) is 0 Å². The average Bonchev–Trinajstić information content (AvgIpc) is 3.22. The van der Waals surface area contributed by atoms with E-state index >= 15 is 0 Å². The molecule has 0 radical (unpaired) electrons. The molecule has 0 aliphatic heterocycles. The van der Waals surface area contributed by atoms with Gasteiger partial charge in [-0.25, -0.2) is 0 Å². The first-order valence-corrected chi connectivity index (χ1v) is 24.6. The first-order valence-electron chi connectivity index (χ1n) is 24.6. The molecule has 0 rings (SSSR count). The maximum absolute atomic E-state index is 13.2. The second kappa shape index (κ2) is 45.6. The monoisotopic (exact) mass is 812 g/mol. The molecule has 0 spiro atoms. The Morgan fingerprint density at radius 2 is 0.966 bits per heavy atom. The Morgan fingerprint density at radius 3 is 1.50 bits per heavy atom. The standard InChI is InChI=1S/C52H93NO5/c1-4-7-10-13-16-19-22-24-25-27-30-33-36-39-42-45-52(57)58-48(43-40-37-34-31-28-21-18-15-12-9-6-3)46-51(56)53-49(47-54)50(55)44-41-38-35-32-29-26-23-20-17-14-11-8-5-2/h7,10,13,16,19,22,24-25,31,34,48-50,54-55H,4-6,8-9,11-12,14-15,17-18,20-21,23,26-30,32-33,35-47H2,1-3H3,(H,53,56)/b10-7+,16-13+,22-19+,25-24-,34-31-. The van der Waals surface area contributed by atoms with Crippen molar-refractivity contribution in [1.82, 2.24) is 5.32 Å². The molecule has 0 bridgehead atoms. The Morgan fingerprint density at radius 1 is 0.517 bits per heavy atom. The van der Waals surface area contributed by atoms with Crippen LogP contribution >= 0.6 is 0 Å². The molecule has 0 saturated carbocycles. The first kappa shape index (κ1) is 55.6. The molecule has 6 nitrogen and oxygen atoms in total. The van der Waals surface area contributed by atoms with E-state index in [0.717, 1.165) is 83.5 Å². The Labute approximate surface area is 358 Å². The van der Waals surface area contributed by atoms with Crippen molar-refractivity contribution in [1.29, 1.82) is 0 Å². The fourth-order valence-corrected chi connectivity index (χ4v) is 7.21. The number of nitrogens with one attached hydrogen (secondary N) is 1. The Hall–Kier alpha value is -2.44. The van der Waals surface area contributed by atoms with E-state index in [0.29, 0.717) is 19.3 Å². The molecule has 0 aromatic carbocycles. The molecule has 0 aromatic heterocycles. The zero-order valence-corrected chi connectivity index (χ0v) is 38.2. The number of amides is 1. The van der Waals surface area contributed by atoms with Crippen LogP contribution in [0.3, 0.4) is 0 Å². The predicted octanol–water partition coefficient (Wildman–Crippen LogP) is 14.5. The third-order valence-corrected chi connectivity index (χ3v) is 10.9. The van der Waals surface area contributed by atoms with Crippen LogP contribution in [0.4, 0.5) is 0 Å². The van der Waals surface area contributed by atoms with E-state index in [-0.39, 0.29) is 24.9 Å². The van der Waals surface area contributed by atoms with Crippen molar-refractivity contribution in [2.75, 3.05) is 6.61 Å². The van der Waals surface area contributed by atoms with Crippen LogP contribution in [-0.2, 0) is 14.3 Å². The first-order chi connectivity index (χ1) is 28.5. The van der Waals surface area contributed by atoms with Crippen LogP contribution in [0.15, 0.2) is 60.8 Å². The lowest BCUT2D eigenvalue weighted by molar-refractivity contribution is -0.151. The molecule has 3 N–H and O–H groups in total. The van der Waals surface area contributed by atoms with Gasteiger partial charge in [-0.3, -0.25) is 9.59 Å². The summed E-state index contributed by atoms with van der Waals surface area (Å²) in [5.74, 6) is -0.531. The average molecular weight is 812 g/mol. The Bertz CT molecular complexity index is 1050. The fourth-order valence-electron chi connectivity index (χ4n) is 7.21. The van der Waals surface area contributed by atoms with E-state index < -0.39 is 18.2 Å². The summed E-state index contributed by atoms with van der Waals surface area (Å²) in [6, 6.07) is -0.715. The van der Waals surface area contributed by atoms with Crippen LogP contribution in [-0.4, -0.2) is 46.9 Å². The van der Waals surface area contributed by atoms with Crippen molar-refractivity contribution in [2.24, 2.45) is 0 Å². The Balaban J connectivity index is 4.62. The number of hydrogen-bond donors (Lipinski definition) is 3. The quantitative estimate of drug-likeness (QED) is 0.0247. The molecule has 1 amide bonds. The maximum Gasteiger partial charge on any atom is 0.306 e. The van der Waals surface area contributed by atoms with E-state index in [1.807, 2.05) is 18.2 Å². The van der Waals surface area contributed by atoms with Gasteiger partial charge in [0.05, 0.1) is 25.2 Å². The van der Waals surface area contributed by atoms with Crippen molar-refractivity contribution < 1.29 is 24.5 Å². The summed E-state index contributed by atoms with van der Waals surface area (Å²) < 4.78 is 5.89. The highest BCUT2D eigenvalue weighted by Crippen LogP contribution is 2.17. The van der Waals surface area contributed by atoms with Crippen molar-refractivity contribution in [2.45, 2.75) is 251 Å². The van der Waals surface area contributed by atoms with E-state index in [9.17, 15) is 19.8 Å². The number of hydrogen-bond acceptors (Lipinski definition) is 5. The second-order valence-electron chi connectivity index (χ2n) is 16.6. The zero-order chi connectivity index (χ0) is 42.4. The van der Waals surface area contributed by atoms with Gasteiger partial charge in [0.15, 0.2) is 0 Å². The van der Waals surface area contributed by atoms with Crippen LogP contribution in [0.1, 0.15) is 233 Å². The minimum absolute atomic E-state index is 0.0457. The molecule has 336 valence electrons. The molecular formula is C52H93NO5. The number of allylic oxidation sites excluding steroid dienone is 10. The number of esters is 1. The molecule has 0 aromatic rings. The lowest BCUT2D eigenvalue weighted by Gasteiger charge is -2.24. The van der Waals surface area contributed by atoms with E-state index in [1.54, 1.807) is 0 Å². The largest absolute Gasteiger partial charge is 0.462 e. The van der Waals surface area contributed by atoms with Gasteiger partial charge in [-0.15, -0.1) is 0 Å². The van der Waals surface area contributed by atoms with Gasteiger partial charge in [0.25, 0.3) is 0 Å². The second-order valence-corrected chi connectivity index (χ2v) is 16.6. The summed E-state index contributed by atoms with van der Waals surface area (Å²) in [6.45, 7) is 6.31. The van der Waals surface area contributed by atoms with Gasteiger partial charge >= 0.3 is 5.97 Å². The molecule has 0 aliphatic carbocycles. The highest BCUT2D eigenvalue weighted by Gasteiger charge is 2.24. The smallest absolute Gasteiger partial charge is 0.306 e. The summed E-state index contributed by atoms with van der Waals surface area (Å²) >= 11 is 0. The molecule has 0 heterocycles. The van der Waals surface area contributed by atoms with E-state index in [1.165, 1.54) is 103 Å². The van der Waals surface area contributed by atoms with Crippen LogP contribution < -0.4 is 5.32 Å². The Kier molecular flexibility index (Phi) is 43.7. The van der Waals surface area contributed by atoms with Gasteiger partial charge in [-0.05, 0) is 64.2 Å². The number of carbonyl (C=O) groups is 2. The van der Waals surface area contributed by atoms with Crippen molar-refractivity contribution in [3.63, 3.8) is 0 Å². The van der Waals surface area contributed by atoms with Crippen LogP contribution in [0, 0.1) is 0 Å². The summed E-state index contributed by atoms with van der Waals surface area (Å²) in [7, 11) is 0. The molecule has 58 heavy (non-hydrogen) atoms. The summed E-state index contributed by atoms with van der Waals surface area (Å²) in [6.07, 6.45) is 55.6. The van der Waals surface area contributed by atoms with Crippen LogP contribution in [0.25, 0.3) is 0 Å². The minimum atomic E-state index is -0.798. The number of unbranched alkanes of at least 4 members (excludes halogenated alkanes) is 24. The number of aliphatic hydroxyl groups is 2. The summed E-state index contributed by atoms with van der Waals surface area (Å²) in [4.78, 5) is 26.0. The minimum Gasteiger partial charge on any atom is -0.462 e. The molecule has 0 aliphatic rings. The molecule has 3 unspecified atom stereocenters. The lowest BCUT2D eigenvalue weighted by Crippen LogP contribution is -2.46. The fraction of sp³-hybridized carbons (Fsp3) is 0.769. The highest BCUT2D eigenvalue weighted by atomic mass is 16.5. The van der Waals surface area contributed by atoms with Gasteiger partial charge in [-0.1, -0.05) is 216 Å². The number of rotatable bonds is 43. The summed E-state index contributed by atoms with van der Waals surface area (Å²) in [5, 5.41) is 23.7. The molecular weight excluding hydrogens is 719 g/mol. The number of aliphatic hydroxyl groups excluding tert-OH is 2. The van der Waals surface area contributed by atoms with E-state index in [2.05, 4.69) is 68.6 Å². The zero-order valence-electron chi connectivity index (χ0n) is 38.2. The number of ether oxygens (including phenoxy) is 1. The van der Waals surface area contributed by atoms with Gasteiger partial charge in [-0.2, -0.15) is 0 Å². The van der Waals surface area contributed by atoms with Gasteiger partial charge in [0.2, 0.25) is 5.91 Å². The highest BCUT2D eigenvalue weighted by molar-refractivity contribution is 5.77. The maximum atomic E-state index is 13.2. The molecule has 3 atom stereocenters. The number of carbonyl (C=O) groups excluding carboxylic acids is 2. The lowest BCUT2D eigenvalue weighted by atomic mass is 10.0. The predicted molar refractivity (Wildman–Crippen MR) is 250 cm³/mol. The van der Waals surface area contributed by atoms with Crippen molar-refractivity contribution in [3.05, 3.63) is 60.8 Å². The van der Waals surface area contributed by atoms with Gasteiger partial charge in [0.1, 0.15) is 6.10 Å². The third-order valence-electron chi connectivity index (χ3n) is 10.9. The van der Waals surface area contributed by atoms with E-state index in [4.69, 9.17) is 4.74 Å². The third kappa shape index (κ3) is 40.3. The summed E-state index contributed by atoms with van der Waals surface area (Å²) in [5.41, 5.74) is 0. The van der Waals surface area contributed by atoms with Crippen molar-refractivity contribution in [3.8, 4) is 0 Å². The van der Waals surface area contributed by atoms with Gasteiger partial charge in [0, 0.05) is 6.42 Å². The normalized spacial score (nSPS) is 13.8. The van der Waals surface area contributed by atoms with Gasteiger partial charge < -0.3 is 20.3 Å². The molecule has 6 heteroatoms. The van der Waals surface area contributed by atoms with Crippen molar-refractivity contribution >= 4 is 11.9 Å². The SMILES string of the molecule is CC/C=C/C=C/C=C/C=C\CCCCCCCC(=O)OC(CCC/C=C\CCCCCCCC)CC(=O)NC(CO)C(O)CCCCCCCCCCCCCCC. The van der Waals surface area contributed by atoms with Crippen LogP contribution in [0.5, 0.6) is 0 Å².